The monoisotopic (exact) mass is 391 g/mol. The van der Waals surface area contributed by atoms with Gasteiger partial charge in [-0.1, -0.05) is 24.6 Å². The first-order valence-electron chi connectivity index (χ1n) is 9.23. The molecule has 0 bridgehead atoms. The highest BCUT2D eigenvalue weighted by Gasteiger charge is 2.26. The number of sulfonamides is 1. The van der Waals surface area contributed by atoms with Gasteiger partial charge >= 0.3 is 0 Å². The summed E-state index contributed by atoms with van der Waals surface area (Å²) < 4.78 is 27.3. The molecule has 1 amide bonds. The standard InChI is InChI=1S/C20H29N3O3S/c1-4-11-22(12-5-2)16-20(24)21-19-15-18(10-9-17(19)3)27(25,26)23-13-7-6-8-14-23/h4-5,9-10,15H,1-2,6-8,11-14,16H2,3H3,(H,21,24). The van der Waals surface area contributed by atoms with Crippen molar-refractivity contribution in [1.82, 2.24) is 9.21 Å². The third-order valence-electron chi connectivity index (χ3n) is 4.58. The summed E-state index contributed by atoms with van der Waals surface area (Å²) in [4.78, 5) is 14.5. The number of nitrogens with one attached hydrogen (secondary N) is 1. The minimum Gasteiger partial charge on any atom is -0.325 e. The second-order valence-electron chi connectivity index (χ2n) is 6.76. The largest absolute Gasteiger partial charge is 0.325 e. The molecule has 27 heavy (non-hydrogen) atoms. The molecule has 2 rings (SSSR count). The number of benzene rings is 1. The van der Waals surface area contributed by atoms with E-state index in [1.54, 1.807) is 30.4 Å². The van der Waals surface area contributed by atoms with E-state index in [0.29, 0.717) is 31.9 Å². The predicted octanol–water partition coefficient (Wildman–Crippen LogP) is 2.78. The number of nitrogens with zero attached hydrogens (tertiary/aromatic N) is 2. The fraction of sp³-hybridized carbons (Fsp3) is 0.450. The molecule has 0 saturated carbocycles. The molecule has 0 aliphatic carbocycles. The summed E-state index contributed by atoms with van der Waals surface area (Å²) in [5.74, 6) is -0.200. The topological polar surface area (TPSA) is 69.7 Å². The van der Waals surface area contributed by atoms with E-state index >= 15 is 0 Å². The van der Waals surface area contributed by atoms with Crippen molar-refractivity contribution in [1.29, 1.82) is 0 Å². The Morgan fingerprint density at radius 2 is 1.81 bits per heavy atom. The van der Waals surface area contributed by atoms with Crippen LogP contribution in [0.1, 0.15) is 24.8 Å². The number of amides is 1. The summed E-state index contributed by atoms with van der Waals surface area (Å²) in [6, 6.07) is 4.90. The van der Waals surface area contributed by atoms with E-state index in [9.17, 15) is 13.2 Å². The van der Waals surface area contributed by atoms with Gasteiger partial charge in [-0.25, -0.2) is 8.42 Å². The second kappa shape index (κ2) is 9.82. The van der Waals surface area contributed by atoms with Crippen molar-refractivity contribution in [2.45, 2.75) is 31.1 Å². The van der Waals surface area contributed by atoms with Crippen molar-refractivity contribution in [2.75, 3.05) is 38.0 Å². The molecule has 6 nitrogen and oxygen atoms in total. The SMILES string of the molecule is C=CCN(CC=C)CC(=O)Nc1cc(S(=O)(=O)N2CCCCC2)ccc1C. The highest BCUT2D eigenvalue weighted by molar-refractivity contribution is 7.89. The zero-order chi connectivity index (χ0) is 19.9. The van der Waals surface area contributed by atoms with Crippen molar-refractivity contribution in [2.24, 2.45) is 0 Å². The van der Waals surface area contributed by atoms with Crippen LogP contribution in [0.3, 0.4) is 0 Å². The van der Waals surface area contributed by atoms with E-state index in [2.05, 4.69) is 18.5 Å². The van der Waals surface area contributed by atoms with Crippen LogP contribution in [0.5, 0.6) is 0 Å². The molecule has 148 valence electrons. The van der Waals surface area contributed by atoms with Gasteiger partial charge < -0.3 is 5.32 Å². The maximum Gasteiger partial charge on any atom is 0.243 e. The van der Waals surface area contributed by atoms with Crippen LogP contribution in [0, 0.1) is 6.92 Å². The normalized spacial score (nSPS) is 15.5. The predicted molar refractivity (Wildman–Crippen MR) is 109 cm³/mol. The number of piperidine rings is 1. The number of anilines is 1. The van der Waals surface area contributed by atoms with Gasteiger partial charge in [0.05, 0.1) is 11.4 Å². The minimum atomic E-state index is -3.53. The summed E-state index contributed by atoms with van der Waals surface area (Å²) in [7, 11) is -3.53. The van der Waals surface area contributed by atoms with E-state index in [4.69, 9.17) is 0 Å². The molecule has 1 aliphatic heterocycles. The molecule has 1 aromatic carbocycles. The maximum atomic E-state index is 12.9. The van der Waals surface area contributed by atoms with Crippen LogP contribution in [0.15, 0.2) is 48.4 Å². The first-order valence-corrected chi connectivity index (χ1v) is 10.7. The van der Waals surface area contributed by atoms with E-state index in [0.717, 1.165) is 24.8 Å². The van der Waals surface area contributed by atoms with Crippen molar-refractivity contribution < 1.29 is 13.2 Å². The van der Waals surface area contributed by atoms with Crippen LogP contribution in [-0.4, -0.2) is 56.3 Å². The molecule has 1 fully saturated rings. The Morgan fingerprint density at radius 1 is 1.19 bits per heavy atom. The van der Waals surface area contributed by atoms with Crippen molar-refractivity contribution in [3.05, 3.63) is 49.1 Å². The van der Waals surface area contributed by atoms with Crippen molar-refractivity contribution >= 4 is 21.6 Å². The third kappa shape index (κ3) is 5.76. The molecule has 1 heterocycles. The average Bonchev–Trinajstić information content (AvgIpc) is 2.64. The quantitative estimate of drug-likeness (QED) is 0.657. The molecule has 0 radical (unpaired) electrons. The summed E-state index contributed by atoms with van der Waals surface area (Å²) in [5, 5.41) is 2.84. The van der Waals surface area contributed by atoms with Gasteiger partial charge in [-0.3, -0.25) is 9.69 Å². The van der Waals surface area contributed by atoms with E-state index in [1.807, 2.05) is 11.8 Å². The number of carbonyl (C=O) groups is 1. The Balaban J connectivity index is 2.15. The first kappa shape index (κ1) is 21.3. The van der Waals surface area contributed by atoms with Crippen molar-refractivity contribution in [3.8, 4) is 0 Å². The van der Waals surface area contributed by atoms with Crippen LogP contribution < -0.4 is 5.32 Å². The lowest BCUT2D eigenvalue weighted by atomic mass is 10.2. The molecule has 1 saturated heterocycles. The number of carbonyl (C=O) groups excluding carboxylic acids is 1. The maximum absolute atomic E-state index is 12.9. The van der Waals surface area contributed by atoms with E-state index in [1.165, 1.54) is 4.31 Å². The van der Waals surface area contributed by atoms with Gasteiger partial charge in [-0.2, -0.15) is 4.31 Å². The molecule has 0 spiro atoms. The van der Waals surface area contributed by atoms with Gasteiger partial charge in [0.15, 0.2) is 0 Å². The van der Waals surface area contributed by atoms with Crippen LogP contribution in [-0.2, 0) is 14.8 Å². The molecule has 1 aromatic rings. The lowest BCUT2D eigenvalue weighted by molar-refractivity contribution is -0.117. The molecule has 0 atom stereocenters. The Hall–Kier alpha value is -1.96. The Morgan fingerprint density at radius 3 is 2.41 bits per heavy atom. The summed E-state index contributed by atoms with van der Waals surface area (Å²) in [6.45, 7) is 11.7. The first-order chi connectivity index (χ1) is 12.9. The van der Waals surface area contributed by atoms with Crippen molar-refractivity contribution in [3.63, 3.8) is 0 Å². The Labute approximate surface area is 162 Å². The third-order valence-corrected chi connectivity index (χ3v) is 6.47. The van der Waals surface area contributed by atoms with Crippen LogP contribution >= 0.6 is 0 Å². The lowest BCUT2D eigenvalue weighted by Gasteiger charge is -2.26. The van der Waals surface area contributed by atoms with E-state index < -0.39 is 10.0 Å². The molecule has 1 N–H and O–H groups in total. The highest BCUT2D eigenvalue weighted by atomic mass is 32.2. The number of hydrogen-bond acceptors (Lipinski definition) is 4. The molecule has 0 aromatic heterocycles. The van der Waals surface area contributed by atoms with Gasteiger partial charge in [0, 0.05) is 31.9 Å². The zero-order valence-corrected chi connectivity index (χ0v) is 16.8. The summed E-state index contributed by atoms with van der Waals surface area (Å²) in [6.07, 6.45) is 6.29. The van der Waals surface area contributed by atoms with Crippen LogP contribution in [0.2, 0.25) is 0 Å². The van der Waals surface area contributed by atoms with Gasteiger partial charge in [0.1, 0.15) is 0 Å². The van der Waals surface area contributed by atoms with E-state index in [-0.39, 0.29) is 17.3 Å². The second-order valence-corrected chi connectivity index (χ2v) is 8.70. The molecule has 1 aliphatic rings. The molecular weight excluding hydrogens is 362 g/mol. The van der Waals surface area contributed by atoms with Gasteiger partial charge in [-0.15, -0.1) is 13.2 Å². The highest BCUT2D eigenvalue weighted by Crippen LogP contribution is 2.25. The number of rotatable bonds is 9. The minimum absolute atomic E-state index is 0.181. The van der Waals surface area contributed by atoms with Crippen LogP contribution in [0.4, 0.5) is 5.69 Å². The average molecular weight is 392 g/mol. The van der Waals surface area contributed by atoms with Gasteiger partial charge in [0.2, 0.25) is 15.9 Å². The molecular formula is C20H29N3O3S. The van der Waals surface area contributed by atoms with Gasteiger partial charge in [-0.05, 0) is 37.5 Å². The Bertz CT molecular complexity index is 774. The Kier molecular flexibility index (Phi) is 7.77. The smallest absolute Gasteiger partial charge is 0.243 e. The fourth-order valence-electron chi connectivity index (χ4n) is 3.11. The molecule has 7 heteroatoms. The fourth-order valence-corrected chi connectivity index (χ4v) is 4.66. The zero-order valence-electron chi connectivity index (χ0n) is 16.0. The molecule has 0 unspecified atom stereocenters. The summed E-state index contributed by atoms with van der Waals surface area (Å²) >= 11 is 0. The van der Waals surface area contributed by atoms with Crippen LogP contribution in [0.25, 0.3) is 0 Å². The lowest BCUT2D eigenvalue weighted by Crippen LogP contribution is -2.36. The number of hydrogen-bond donors (Lipinski definition) is 1. The summed E-state index contributed by atoms with van der Waals surface area (Å²) in [5.41, 5.74) is 1.34. The van der Waals surface area contributed by atoms with Gasteiger partial charge in [0.25, 0.3) is 0 Å². The number of aryl methyl sites for hydroxylation is 1.